The van der Waals surface area contributed by atoms with E-state index in [9.17, 15) is 0 Å². The first-order valence-corrected chi connectivity index (χ1v) is 5.99. The summed E-state index contributed by atoms with van der Waals surface area (Å²) in [5.41, 5.74) is 0. The van der Waals surface area contributed by atoms with Crippen molar-refractivity contribution in [3.63, 3.8) is 0 Å². The normalized spacial score (nSPS) is 17.2. The maximum Gasteiger partial charge on any atom is 0.0890 e. The van der Waals surface area contributed by atoms with E-state index >= 15 is 0 Å². The molecule has 0 aromatic carbocycles. The van der Waals surface area contributed by atoms with Crippen molar-refractivity contribution in [1.82, 2.24) is 19.6 Å². The van der Waals surface area contributed by atoms with Gasteiger partial charge < -0.3 is 19.6 Å². The molecule has 0 radical (unpaired) electrons. The van der Waals surface area contributed by atoms with E-state index in [2.05, 4.69) is 58.5 Å². The van der Waals surface area contributed by atoms with Crippen LogP contribution in [0.4, 0.5) is 0 Å². The van der Waals surface area contributed by atoms with Crippen molar-refractivity contribution < 1.29 is 0 Å². The Bertz CT molecular complexity index is 247. The van der Waals surface area contributed by atoms with Gasteiger partial charge in [0, 0.05) is 52.0 Å². The summed E-state index contributed by atoms with van der Waals surface area (Å²) in [6.45, 7) is 4.45. The molecule has 2 heterocycles. The third kappa shape index (κ3) is 4.90. The molecule has 0 aromatic heterocycles. The smallest absolute Gasteiger partial charge is 0.0890 e. The van der Waals surface area contributed by atoms with Crippen molar-refractivity contribution in [2.45, 2.75) is 27.7 Å². The van der Waals surface area contributed by atoms with Crippen LogP contribution in [-0.4, -0.2) is 60.1 Å². The monoisotopic (exact) mass is 254 g/mol. The zero-order valence-corrected chi connectivity index (χ0v) is 10.3. The van der Waals surface area contributed by atoms with Gasteiger partial charge in [0.1, 0.15) is 0 Å². The third-order valence-electron chi connectivity index (χ3n) is 3.01. The highest BCUT2D eigenvalue weighted by molar-refractivity contribution is 4.89. The van der Waals surface area contributed by atoms with E-state index < -0.39 is 0 Å². The molecule has 4 nitrogen and oxygen atoms in total. The van der Waals surface area contributed by atoms with Gasteiger partial charge in [-0.05, 0) is 12.8 Å². The summed E-state index contributed by atoms with van der Waals surface area (Å²) in [5.74, 6) is 0. The lowest BCUT2D eigenvalue weighted by molar-refractivity contribution is 0.269. The lowest BCUT2D eigenvalue weighted by Crippen LogP contribution is -2.25. The van der Waals surface area contributed by atoms with E-state index in [0.717, 1.165) is 13.3 Å². The van der Waals surface area contributed by atoms with E-state index in [1.165, 1.54) is 25.9 Å². The Morgan fingerprint density at radius 2 is 1.11 bits per heavy atom. The van der Waals surface area contributed by atoms with Crippen molar-refractivity contribution in [2.75, 3.05) is 40.5 Å². The number of hydrogen-bond acceptors (Lipinski definition) is 4. The zero-order chi connectivity index (χ0) is 11.4. The molecule has 18 heavy (non-hydrogen) atoms. The molecule has 0 saturated carbocycles. The Kier molecular flexibility index (Phi) is 7.32. The van der Waals surface area contributed by atoms with Crippen LogP contribution >= 0.6 is 0 Å². The molecule has 0 amide bonds. The average Bonchev–Trinajstić information content (AvgIpc) is 2.83. The van der Waals surface area contributed by atoms with Crippen molar-refractivity contribution >= 4 is 0 Å². The lowest BCUT2D eigenvalue weighted by Gasteiger charge is -2.20. The zero-order valence-electron chi connectivity index (χ0n) is 10.3. The van der Waals surface area contributed by atoms with Crippen molar-refractivity contribution in [3.8, 4) is 0 Å². The van der Waals surface area contributed by atoms with Gasteiger partial charge >= 0.3 is 0 Å². The van der Waals surface area contributed by atoms with Crippen LogP contribution in [0.2, 0.25) is 0 Å². The summed E-state index contributed by atoms with van der Waals surface area (Å²) in [5, 5.41) is 0. The van der Waals surface area contributed by atoms with E-state index in [-0.39, 0.29) is 14.9 Å². The predicted molar refractivity (Wildman–Crippen MR) is 79.6 cm³/mol. The largest absolute Gasteiger partial charge is 0.362 e. The minimum atomic E-state index is 0. The molecule has 0 atom stereocenters. The Morgan fingerprint density at radius 3 is 1.39 bits per heavy atom. The molecule has 106 valence electrons. The maximum atomic E-state index is 2.37. The molecular formula is C14H30N4. The predicted octanol–water partition coefficient (Wildman–Crippen LogP) is 2.39. The molecule has 0 fully saturated rings. The van der Waals surface area contributed by atoms with Gasteiger partial charge in [0.05, 0.1) is 13.3 Å². The van der Waals surface area contributed by atoms with Crippen LogP contribution in [0.25, 0.3) is 0 Å². The summed E-state index contributed by atoms with van der Waals surface area (Å²) in [7, 11) is 4.22. The van der Waals surface area contributed by atoms with Crippen molar-refractivity contribution in [1.29, 1.82) is 0 Å². The molecule has 0 N–H and O–H groups in total. The van der Waals surface area contributed by atoms with Crippen molar-refractivity contribution in [3.05, 3.63) is 24.8 Å². The Balaban J connectivity index is 0.00000144. The third-order valence-corrected chi connectivity index (χ3v) is 3.01. The minimum absolute atomic E-state index is 0. The first-order valence-electron chi connectivity index (χ1n) is 5.99. The summed E-state index contributed by atoms with van der Waals surface area (Å²) < 4.78 is 0. The quantitative estimate of drug-likeness (QED) is 0.698. The van der Waals surface area contributed by atoms with Gasteiger partial charge in [0.2, 0.25) is 0 Å². The Morgan fingerprint density at radius 1 is 0.722 bits per heavy atom. The van der Waals surface area contributed by atoms with Gasteiger partial charge in [-0.15, -0.1) is 0 Å². The van der Waals surface area contributed by atoms with Crippen LogP contribution in [0, 0.1) is 0 Å². The molecule has 0 bridgehead atoms. The van der Waals surface area contributed by atoms with Gasteiger partial charge in [-0.3, -0.25) is 0 Å². The van der Waals surface area contributed by atoms with Gasteiger partial charge in [0.25, 0.3) is 0 Å². The van der Waals surface area contributed by atoms with Crippen LogP contribution in [-0.2, 0) is 0 Å². The highest BCUT2D eigenvalue weighted by atomic mass is 15.3. The molecule has 0 unspecified atom stereocenters. The van der Waals surface area contributed by atoms with E-state index in [0.29, 0.717) is 0 Å². The summed E-state index contributed by atoms with van der Waals surface area (Å²) in [6, 6.07) is 0. The topological polar surface area (TPSA) is 13.0 Å². The van der Waals surface area contributed by atoms with Gasteiger partial charge in [0.15, 0.2) is 0 Å². The maximum absolute atomic E-state index is 2.37. The SMILES string of the molecule is C.C.CN1C=CN(CCCCN2C=CN(C)C2)C1. The molecule has 0 aliphatic carbocycles. The standard InChI is InChI=1S/C12H22N4.2CH4/c1-13-7-9-15(11-13)5-3-4-6-16-10-8-14(2)12-16;;/h7-10H,3-6,11-12H2,1-2H3;2*1H4. The molecule has 0 aromatic rings. The average molecular weight is 254 g/mol. The second-order valence-corrected chi connectivity index (χ2v) is 4.72. The highest BCUT2D eigenvalue weighted by Gasteiger charge is 2.09. The van der Waals surface area contributed by atoms with Gasteiger partial charge in [-0.1, -0.05) is 14.9 Å². The van der Waals surface area contributed by atoms with Gasteiger partial charge in [-0.2, -0.15) is 0 Å². The second-order valence-electron chi connectivity index (χ2n) is 4.72. The first kappa shape index (κ1) is 16.7. The molecule has 2 aliphatic heterocycles. The van der Waals surface area contributed by atoms with Crippen LogP contribution in [0.5, 0.6) is 0 Å². The van der Waals surface area contributed by atoms with Crippen LogP contribution in [0.15, 0.2) is 24.8 Å². The summed E-state index contributed by atoms with van der Waals surface area (Å²) in [6.07, 6.45) is 11.2. The fourth-order valence-corrected chi connectivity index (χ4v) is 2.10. The van der Waals surface area contributed by atoms with E-state index in [1.54, 1.807) is 0 Å². The molecule has 2 rings (SSSR count). The molecule has 2 aliphatic rings. The fourth-order valence-electron chi connectivity index (χ4n) is 2.10. The lowest BCUT2D eigenvalue weighted by atomic mass is 10.3. The highest BCUT2D eigenvalue weighted by Crippen LogP contribution is 2.08. The number of nitrogens with zero attached hydrogens (tertiary/aromatic N) is 4. The van der Waals surface area contributed by atoms with Crippen molar-refractivity contribution in [2.24, 2.45) is 0 Å². The van der Waals surface area contributed by atoms with Crippen LogP contribution in [0.3, 0.4) is 0 Å². The molecule has 4 heteroatoms. The molecule has 0 spiro atoms. The number of hydrogen-bond donors (Lipinski definition) is 0. The summed E-state index contributed by atoms with van der Waals surface area (Å²) in [4.78, 5) is 9.15. The Hall–Kier alpha value is -1.32. The van der Waals surface area contributed by atoms with E-state index in [1.807, 2.05) is 0 Å². The van der Waals surface area contributed by atoms with Crippen LogP contribution < -0.4 is 0 Å². The van der Waals surface area contributed by atoms with E-state index in [4.69, 9.17) is 0 Å². The summed E-state index contributed by atoms with van der Waals surface area (Å²) >= 11 is 0. The molecule has 0 saturated heterocycles. The first-order chi connectivity index (χ1) is 7.74. The number of unbranched alkanes of at least 4 members (excludes halogenated alkanes) is 1. The minimum Gasteiger partial charge on any atom is -0.362 e. The van der Waals surface area contributed by atoms with Crippen LogP contribution in [0.1, 0.15) is 27.7 Å². The number of rotatable bonds is 5. The second kappa shape index (κ2) is 7.90. The Labute approximate surface area is 113 Å². The van der Waals surface area contributed by atoms with Gasteiger partial charge in [-0.25, -0.2) is 0 Å². The fraction of sp³-hybridized carbons (Fsp3) is 0.714. The molecular weight excluding hydrogens is 224 g/mol.